The van der Waals surface area contributed by atoms with Crippen LogP contribution in [0.2, 0.25) is 5.15 Å². The minimum atomic E-state index is 0.0371. The molecule has 0 bridgehead atoms. The van der Waals surface area contributed by atoms with E-state index in [2.05, 4.69) is 22.4 Å². The summed E-state index contributed by atoms with van der Waals surface area (Å²) in [4.78, 5) is 15.8. The maximum atomic E-state index is 5.98. The number of ether oxygens (including phenoxy) is 2. The predicted octanol–water partition coefficient (Wildman–Crippen LogP) is 4.80. The number of methoxy groups -OCH3 is 1. The summed E-state index contributed by atoms with van der Waals surface area (Å²) >= 11 is 5.98. The molecular formula is C25H25ClN6O2. The summed E-state index contributed by atoms with van der Waals surface area (Å²) < 4.78 is 13.4. The van der Waals surface area contributed by atoms with Crippen LogP contribution in [0, 0.1) is 0 Å². The average Bonchev–Trinajstić information content (AvgIpc) is 3.29. The van der Waals surface area contributed by atoms with Crippen molar-refractivity contribution in [2.45, 2.75) is 12.5 Å². The van der Waals surface area contributed by atoms with Crippen molar-refractivity contribution in [2.24, 2.45) is 0 Å². The van der Waals surface area contributed by atoms with Gasteiger partial charge in [-0.25, -0.2) is 9.97 Å². The van der Waals surface area contributed by atoms with Gasteiger partial charge in [0.25, 0.3) is 0 Å². The number of aromatic nitrogens is 4. The summed E-state index contributed by atoms with van der Waals surface area (Å²) in [6, 6.07) is 16.1. The molecule has 3 heterocycles. The van der Waals surface area contributed by atoms with Gasteiger partial charge in [-0.2, -0.15) is 4.98 Å². The summed E-state index contributed by atoms with van der Waals surface area (Å²) in [7, 11) is 5.59. The van der Waals surface area contributed by atoms with Crippen molar-refractivity contribution in [2.75, 3.05) is 38.0 Å². The first-order valence-electron chi connectivity index (χ1n) is 10.9. The molecule has 4 aromatic rings. The first-order chi connectivity index (χ1) is 16.5. The van der Waals surface area contributed by atoms with E-state index in [0.29, 0.717) is 30.1 Å². The Labute approximate surface area is 203 Å². The maximum absolute atomic E-state index is 5.98. The van der Waals surface area contributed by atoms with Crippen LogP contribution in [0.4, 0.5) is 17.5 Å². The second-order valence-corrected chi connectivity index (χ2v) is 8.61. The molecule has 0 aliphatic carbocycles. The molecule has 34 heavy (non-hydrogen) atoms. The Morgan fingerprint density at radius 3 is 2.68 bits per heavy atom. The fourth-order valence-corrected chi connectivity index (χ4v) is 4.32. The van der Waals surface area contributed by atoms with Crippen molar-refractivity contribution in [3.05, 3.63) is 83.0 Å². The monoisotopic (exact) mass is 476 g/mol. The lowest BCUT2D eigenvalue weighted by molar-refractivity contribution is 0.0977. The first-order valence-corrected chi connectivity index (χ1v) is 11.3. The highest BCUT2D eigenvalue weighted by Gasteiger charge is 2.28. The molecule has 0 radical (unpaired) electrons. The molecule has 1 aliphatic rings. The summed E-state index contributed by atoms with van der Waals surface area (Å²) in [5.74, 6) is 2.06. The molecule has 5 rings (SSSR count). The third kappa shape index (κ3) is 4.30. The molecule has 2 aromatic carbocycles. The second-order valence-electron chi connectivity index (χ2n) is 8.22. The quantitative estimate of drug-likeness (QED) is 0.428. The summed E-state index contributed by atoms with van der Waals surface area (Å²) in [5, 5.41) is 3.78. The average molecular weight is 477 g/mol. The van der Waals surface area contributed by atoms with E-state index in [1.54, 1.807) is 19.6 Å². The highest BCUT2D eigenvalue weighted by atomic mass is 35.5. The van der Waals surface area contributed by atoms with Crippen LogP contribution in [0.25, 0.3) is 5.69 Å². The molecule has 0 amide bonds. The Hall–Kier alpha value is -3.62. The van der Waals surface area contributed by atoms with Crippen molar-refractivity contribution in [1.29, 1.82) is 0 Å². The molecule has 0 unspecified atom stereocenters. The van der Waals surface area contributed by atoms with E-state index < -0.39 is 0 Å². The SMILES string of the molecule is COc1cc(Nc2nc3c(c(N(C)C)n2)COC[C@@H]3c2ccccc2)ccc1-n1cnc(Cl)c1. The molecule has 9 heteroatoms. The number of hydrogen-bond acceptors (Lipinski definition) is 7. The van der Waals surface area contributed by atoms with Crippen LogP contribution < -0.4 is 15.0 Å². The molecule has 0 fully saturated rings. The van der Waals surface area contributed by atoms with Gasteiger partial charge in [-0.1, -0.05) is 41.9 Å². The number of fused-ring (bicyclic) bond motifs is 1. The van der Waals surface area contributed by atoms with E-state index in [1.165, 1.54) is 5.56 Å². The van der Waals surface area contributed by atoms with Gasteiger partial charge in [0.05, 0.1) is 37.6 Å². The number of imidazole rings is 1. The van der Waals surface area contributed by atoms with Crippen LogP contribution in [-0.4, -0.2) is 47.3 Å². The smallest absolute Gasteiger partial charge is 0.229 e. The highest BCUT2D eigenvalue weighted by Crippen LogP contribution is 2.36. The third-order valence-corrected chi connectivity index (χ3v) is 5.96. The Balaban J connectivity index is 1.53. The lowest BCUT2D eigenvalue weighted by Gasteiger charge is -2.29. The molecular weight excluding hydrogens is 452 g/mol. The van der Waals surface area contributed by atoms with Gasteiger partial charge in [-0.15, -0.1) is 0 Å². The minimum Gasteiger partial charge on any atom is -0.494 e. The molecule has 1 aliphatic heterocycles. The largest absolute Gasteiger partial charge is 0.494 e. The van der Waals surface area contributed by atoms with Crippen LogP contribution in [0.15, 0.2) is 61.1 Å². The molecule has 0 spiro atoms. The number of anilines is 3. The maximum Gasteiger partial charge on any atom is 0.229 e. The summed E-state index contributed by atoms with van der Waals surface area (Å²) in [6.07, 6.45) is 3.38. The molecule has 1 N–H and O–H groups in total. The summed E-state index contributed by atoms with van der Waals surface area (Å²) in [5.41, 5.74) is 4.80. The van der Waals surface area contributed by atoms with Crippen LogP contribution >= 0.6 is 11.6 Å². The zero-order valence-electron chi connectivity index (χ0n) is 19.2. The van der Waals surface area contributed by atoms with E-state index in [4.69, 9.17) is 31.0 Å². The first kappa shape index (κ1) is 22.2. The van der Waals surface area contributed by atoms with Gasteiger partial charge in [-0.3, -0.25) is 0 Å². The van der Waals surface area contributed by atoms with Gasteiger partial charge in [0.1, 0.15) is 23.0 Å². The van der Waals surface area contributed by atoms with E-state index in [1.807, 2.05) is 60.0 Å². The van der Waals surface area contributed by atoms with Gasteiger partial charge in [0.15, 0.2) is 0 Å². The topological polar surface area (TPSA) is 77.3 Å². The molecule has 0 saturated carbocycles. The zero-order valence-corrected chi connectivity index (χ0v) is 20.0. The fraction of sp³-hybridized carbons (Fsp3) is 0.240. The number of halogens is 1. The lowest BCUT2D eigenvalue weighted by atomic mass is 9.91. The van der Waals surface area contributed by atoms with Crippen molar-refractivity contribution < 1.29 is 9.47 Å². The van der Waals surface area contributed by atoms with E-state index in [9.17, 15) is 0 Å². The second kappa shape index (κ2) is 9.32. The molecule has 174 valence electrons. The molecule has 2 aromatic heterocycles. The van der Waals surface area contributed by atoms with E-state index in [0.717, 1.165) is 28.5 Å². The van der Waals surface area contributed by atoms with Crippen LogP contribution in [0.3, 0.4) is 0 Å². The zero-order chi connectivity index (χ0) is 23.7. The Morgan fingerprint density at radius 1 is 1.15 bits per heavy atom. The van der Waals surface area contributed by atoms with Crippen molar-refractivity contribution in [1.82, 2.24) is 19.5 Å². The number of hydrogen-bond donors (Lipinski definition) is 1. The lowest BCUT2D eigenvalue weighted by Crippen LogP contribution is -2.25. The third-order valence-electron chi connectivity index (χ3n) is 5.77. The molecule has 0 saturated heterocycles. The van der Waals surface area contributed by atoms with Crippen molar-refractivity contribution >= 4 is 29.1 Å². The van der Waals surface area contributed by atoms with Crippen LogP contribution in [-0.2, 0) is 11.3 Å². The van der Waals surface area contributed by atoms with Gasteiger partial charge in [0, 0.05) is 37.6 Å². The fourth-order valence-electron chi connectivity index (χ4n) is 4.17. The van der Waals surface area contributed by atoms with Gasteiger partial charge in [0.2, 0.25) is 5.95 Å². The number of rotatable bonds is 6. The van der Waals surface area contributed by atoms with E-state index >= 15 is 0 Å². The predicted molar refractivity (Wildman–Crippen MR) is 133 cm³/mol. The van der Waals surface area contributed by atoms with Crippen LogP contribution in [0.5, 0.6) is 5.75 Å². The van der Waals surface area contributed by atoms with Crippen LogP contribution in [0.1, 0.15) is 22.7 Å². The van der Waals surface area contributed by atoms with Crippen molar-refractivity contribution in [3.8, 4) is 11.4 Å². The standard InChI is InChI=1S/C25H25ClN6O2/c1-31(2)24-19-14-34-13-18(16-7-5-4-6-8-16)23(19)29-25(30-24)28-17-9-10-20(21(11-17)33-3)32-12-22(26)27-15-32/h4-12,15,18H,13-14H2,1-3H3,(H,28,29,30)/t18-/m1/s1. The number of nitrogens with zero attached hydrogens (tertiary/aromatic N) is 5. The Kier molecular flexibility index (Phi) is 6.08. The number of benzene rings is 2. The normalized spacial score (nSPS) is 15.0. The highest BCUT2D eigenvalue weighted by molar-refractivity contribution is 6.29. The Morgan fingerprint density at radius 2 is 1.97 bits per heavy atom. The van der Waals surface area contributed by atoms with E-state index in [-0.39, 0.29) is 5.92 Å². The van der Waals surface area contributed by atoms with Gasteiger partial charge < -0.3 is 24.3 Å². The van der Waals surface area contributed by atoms with Gasteiger partial charge in [-0.05, 0) is 17.7 Å². The minimum absolute atomic E-state index is 0.0371. The van der Waals surface area contributed by atoms with Crippen molar-refractivity contribution in [3.63, 3.8) is 0 Å². The van der Waals surface area contributed by atoms with Gasteiger partial charge >= 0.3 is 0 Å². The Bertz CT molecular complexity index is 1310. The molecule has 8 nitrogen and oxygen atoms in total. The number of nitrogens with one attached hydrogen (secondary N) is 1. The summed E-state index contributed by atoms with van der Waals surface area (Å²) in [6.45, 7) is 1.07. The molecule has 1 atom stereocenters.